The molecule has 1 N–H and O–H groups in total. The number of aromatic nitrogens is 1. The number of pyridine rings is 1. The molecule has 8 nitrogen and oxygen atoms in total. The van der Waals surface area contributed by atoms with Crippen LogP contribution in [0.1, 0.15) is 34.5 Å². The van der Waals surface area contributed by atoms with Gasteiger partial charge in [0.2, 0.25) is 0 Å². The van der Waals surface area contributed by atoms with Gasteiger partial charge in [-0.3, -0.25) is 19.8 Å². The van der Waals surface area contributed by atoms with Crippen LogP contribution in [-0.4, -0.2) is 58.0 Å². The molecule has 1 aliphatic rings. The highest BCUT2D eigenvalue weighted by molar-refractivity contribution is 8.02. The van der Waals surface area contributed by atoms with E-state index in [0.29, 0.717) is 43.3 Å². The first-order valence-corrected chi connectivity index (χ1v) is 14.9. The van der Waals surface area contributed by atoms with E-state index in [1.807, 2.05) is 98.1 Å². The van der Waals surface area contributed by atoms with Gasteiger partial charge in [-0.15, -0.1) is 11.8 Å². The van der Waals surface area contributed by atoms with Crippen molar-refractivity contribution in [3.63, 3.8) is 0 Å². The molecule has 1 saturated heterocycles. The highest BCUT2D eigenvalue weighted by Crippen LogP contribution is 2.32. The summed E-state index contributed by atoms with van der Waals surface area (Å²) in [5.74, 6) is -0.135. The molecule has 0 saturated carbocycles. The molecule has 0 unspecified atom stereocenters. The van der Waals surface area contributed by atoms with Crippen molar-refractivity contribution in [1.29, 1.82) is 0 Å². The average Bonchev–Trinajstić information content (AvgIpc) is 3.00. The maximum atomic E-state index is 14.1. The number of hydrogen-bond donors (Lipinski definition) is 1. The van der Waals surface area contributed by atoms with Crippen LogP contribution in [0.15, 0.2) is 96.2 Å². The van der Waals surface area contributed by atoms with E-state index < -0.39 is 4.92 Å². The number of carbonyl (C=O) groups excluding carboxylic acids is 1. The van der Waals surface area contributed by atoms with Crippen molar-refractivity contribution in [2.75, 3.05) is 32.4 Å². The van der Waals surface area contributed by atoms with Crippen molar-refractivity contribution in [3.05, 3.63) is 123 Å². The second kappa shape index (κ2) is 13.0. The Bertz CT molecular complexity index is 1550. The van der Waals surface area contributed by atoms with E-state index in [4.69, 9.17) is 4.98 Å². The fourth-order valence-corrected chi connectivity index (χ4v) is 5.93. The predicted octanol–water partition coefficient (Wildman–Crippen LogP) is 5.95. The lowest BCUT2D eigenvalue weighted by Crippen LogP contribution is -2.45. The Morgan fingerprint density at radius 3 is 2.29 bits per heavy atom. The molecule has 41 heavy (non-hydrogen) atoms. The predicted molar refractivity (Wildman–Crippen MR) is 165 cm³/mol. The zero-order chi connectivity index (χ0) is 28.8. The molecule has 4 aromatic rings. The topological polar surface area (TPSA) is 91.6 Å². The SMILES string of the molecule is CS/C(=C\[N+](=O)[O-])N1CCN(Cc2c(-c3ccccc3)nc3ccccc3c2C(=O)N[C@@H](C)c2ccccc2)CC1. The summed E-state index contributed by atoms with van der Waals surface area (Å²) in [5.41, 5.74) is 5.07. The highest BCUT2D eigenvalue weighted by atomic mass is 32.2. The van der Waals surface area contributed by atoms with Crippen LogP contribution in [0, 0.1) is 10.1 Å². The number of thioether (sulfide) groups is 1. The van der Waals surface area contributed by atoms with Crippen LogP contribution >= 0.6 is 11.8 Å². The highest BCUT2D eigenvalue weighted by Gasteiger charge is 2.27. The van der Waals surface area contributed by atoms with Gasteiger partial charge < -0.3 is 10.2 Å². The first kappa shape index (κ1) is 28.3. The summed E-state index contributed by atoms with van der Waals surface area (Å²) < 4.78 is 0. The van der Waals surface area contributed by atoms with E-state index in [0.717, 1.165) is 39.5 Å². The van der Waals surface area contributed by atoms with Gasteiger partial charge in [-0.2, -0.15) is 0 Å². The average molecular weight is 568 g/mol. The fourth-order valence-electron chi connectivity index (χ4n) is 5.30. The molecule has 1 aromatic heterocycles. The van der Waals surface area contributed by atoms with E-state index >= 15 is 0 Å². The maximum Gasteiger partial charge on any atom is 0.264 e. The van der Waals surface area contributed by atoms with Crippen LogP contribution in [0.3, 0.4) is 0 Å². The Morgan fingerprint density at radius 2 is 1.63 bits per heavy atom. The molecule has 1 fully saturated rings. The Morgan fingerprint density at radius 1 is 1.00 bits per heavy atom. The Balaban J connectivity index is 1.53. The van der Waals surface area contributed by atoms with Crippen LogP contribution in [-0.2, 0) is 6.54 Å². The van der Waals surface area contributed by atoms with Gasteiger partial charge in [0.15, 0.2) is 0 Å². The number of piperazine rings is 1. The van der Waals surface area contributed by atoms with E-state index in [1.165, 1.54) is 11.8 Å². The van der Waals surface area contributed by atoms with Crippen LogP contribution < -0.4 is 5.32 Å². The van der Waals surface area contributed by atoms with Crippen molar-refractivity contribution in [2.24, 2.45) is 0 Å². The number of rotatable bonds is 9. The van der Waals surface area contributed by atoms with Crippen molar-refractivity contribution in [3.8, 4) is 11.3 Å². The Hall–Kier alpha value is -4.21. The second-order valence-electron chi connectivity index (χ2n) is 10.0. The fraction of sp³-hybridized carbons (Fsp3) is 0.250. The molecular weight excluding hydrogens is 534 g/mol. The summed E-state index contributed by atoms with van der Waals surface area (Å²) in [7, 11) is 0. The zero-order valence-corrected chi connectivity index (χ0v) is 24.0. The van der Waals surface area contributed by atoms with Crippen LogP contribution in [0.5, 0.6) is 0 Å². The lowest BCUT2D eigenvalue weighted by atomic mass is 9.95. The minimum Gasteiger partial charge on any atom is -0.359 e. The third kappa shape index (κ3) is 6.58. The molecule has 1 amide bonds. The van der Waals surface area contributed by atoms with Gasteiger partial charge in [-0.05, 0) is 24.8 Å². The lowest BCUT2D eigenvalue weighted by Gasteiger charge is -2.36. The van der Waals surface area contributed by atoms with Crippen molar-refractivity contribution < 1.29 is 9.72 Å². The van der Waals surface area contributed by atoms with E-state index in [2.05, 4.69) is 15.1 Å². The number of hydrogen-bond acceptors (Lipinski definition) is 7. The number of amides is 1. The van der Waals surface area contributed by atoms with Crippen LogP contribution in [0.4, 0.5) is 0 Å². The number of fused-ring (bicyclic) bond motifs is 1. The Labute approximate surface area is 244 Å². The first-order valence-electron chi connectivity index (χ1n) is 13.6. The van der Waals surface area contributed by atoms with Gasteiger partial charge in [0, 0.05) is 49.2 Å². The second-order valence-corrected chi connectivity index (χ2v) is 10.8. The normalized spacial score (nSPS) is 15.1. The molecule has 0 aliphatic carbocycles. The van der Waals surface area contributed by atoms with Crippen molar-refractivity contribution >= 4 is 28.6 Å². The van der Waals surface area contributed by atoms with Crippen LogP contribution in [0.2, 0.25) is 0 Å². The molecular formula is C32H33N5O3S. The monoisotopic (exact) mass is 567 g/mol. The van der Waals surface area contributed by atoms with Gasteiger partial charge in [0.1, 0.15) is 5.03 Å². The third-order valence-electron chi connectivity index (χ3n) is 7.41. The number of carbonyl (C=O) groups is 1. The molecule has 210 valence electrons. The Kier molecular flexibility index (Phi) is 8.96. The summed E-state index contributed by atoms with van der Waals surface area (Å²) in [4.78, 5) is 34.3. The first-order chi connectivity index (χ1) is 19.9. The third-order valence-corrected chi connectivity index (χ3v) is 8.19. The molecule has 1 aliphatic heterocycles. The van der Waals surface area contributed by atoms with E-state index in [-0.39, 0.29) is 11.9 Å². The van der Waals surface area contributed by atoms with Crippen LogP contribution in [0.25, 0.3) is 22.2 Å². The van der Waals surface area contributed by atoms with Gasteiger partial charge >= 0.3 is 0 Å². The number of nitrogens with zero attached hydrogens (tertiary/aromatic N) is 4. The molecule has 0 radical (unpaired) electrons. The van der Waals surface area contributed by atoms with Gasteiger partial charge in [0.25, 0.3) is 12.1 Å². The molecule has 1 atom stereocenters. The number of benzene rings is 3. The molecule has 3 aromatic carbocycles. The summed E-state index contributed by atoms with van der Waals surface area (Å²) in [5, 5.41) is 15.8. The lowest BCUT2D eigenvalue weighted by molar-refractivity contribution is -0.403. The van der Waals surface area contributed by atoms with E-state index in [9.17, 15) is 14.9 Å². The minimum absolute atomic E-state index is 0.135. The molecule has 0 spiro atoms. The quantitative estimate of drug-likeness (QED) is 0.197. The molecule has 0 bridgehead atoms. The maximum absolute atomic E-state index is 14.1. The summed E-state index contributed by atoms with van der Waals surface area (Å²) >= 11 is 1.39. The van der Waals surface area contributed by atoms with Crippen molar-refractivity contribution in [2.45, 2.75) is 19.5 Å². The standard InChI is InChI=1S/C32H33N5O3S/c1-23(24-11-5-3-6-12-24)33-32(38)30-26-15-9-10-16-28(26)34-31(25-13-7-4-8-14-25)27(30)21-35-17-19-36(20-18-35)29(41-2)22-37(39)40/h3-16,22-23H,17-21H2,1-2H3,(H,33,38)/b29-22-/t23-/m0/s1. The largest absolute Gasteiger partial charge is 0.359 e. The number of nitro groups is 1. The number of para-hydroxylation sites is 1. The van der Waals surface area contributed by atoms with Gasteiger partial charge in [-0.1, -0.05) is 78.9 Å². The van der Waals surface area contributed by atoms with Gasteiger partial charge in [-0.25, -0.2) is 4.98 Å². The summed E-state index contributed by atoms with van der Waals surface area (Å²) in [6, 6.07) is 27.6. The molecule has 2 heterocycles. The van der Waals surface area contributed by atoms with Gasteiger partial charge in [0.05, 0.1) is 27.7 Å². The smallest absolute Gasteiger partial charge is 0.264 e. The number of nitrogens with one attached hydrogen (secondary N) is 1. The van der Waals surface area contributed by atoms with Crippen molar-refractivity contribution in [1.82, 2.24) is 20.1 Å². The summed E-state index contributed by atoms with van der Waals surface area (Å²) in [6.07, 6.45) is 2.94. The minimum atomic E-state index is -0.396. The zero-order valence-electron chi connectivity index (χ0n) is 23.2. The molecule has 9 heteroatoms. The molecule has 5 rings (SSSR count). The summed E-state index contributed by atoms with van der Waals surface area (Å²) in [6.45, 7) is 5.27. The van der Waals surface area contributed by atoms with E-state index in [1.54, 1.807) is 0 Å².